The second-order valence-electron chi connectivity index (χ2n) is 7.58. The first-order valence-electron chi connectivity index (χ1n) is 9.64. The average molecular weight is 470 g/mol. The number of amides is 1. The van der Waals surface area contributed by atoms with Gasteiger partial charge in [0.05, 0.1) is 17.9 Å². The van der Waals surface area contributed by atoms with Crippen molar-refractivity contribution in [2.45, 2.75) is 19.4 Å². The van der Waals surface area contributed by atoms with Crippen LogP contribution in [-0.2, 0) is 21.4 Å². The number of nitrogens with one attached hydrogen (secondary N) is 1. The number of piperidine rings is 1. The Morgan fingerprint density at radius 3 is 2.70 bits per heavy atom. The van der Waals surface area contributed by atoms with Crippen molar-refractivity contribution < 1.29 is 13.2 Å². The molecule has 1 N–H and O–H groups in total. The highest BCUT2D eigenvalue weighted by molar-refractivity contribution is 7.92. The maximum absolute atomic E-state index is 12.8. The monoisotopic (exact) mass is 469 g/mol. The van der Waals surface area contributed by atoms with Gasteiger partial charge in [-0.05, 0) is 55.3 Å². The summed E-state index contributed by atoms with van der Waals surface area (Å²) in [5.41, 5.74) is 2.06. The van der Waals surface area contributed by atoms with Crippen LogP contribution in [0, 0.1) is 5.92 Å². The van der Waals surface area contributed by atoms with Crippen molar-refractivity contribution in [1.29, 1.82) is 0 Å². The molecule has 9 heteroatoms. The minimum absolute atomic E-state index is 0.0685. The molecule has 1 aliphatic heterocycles. The summed E-state index contributed by atoms with van der Waals surface area (Å²) in [6.45, 7) is 2.19. The quantitative estimate of drug-likeness (QED) is 0.686. The lowest BCUT2D eigenvalue weighted by atomic mass is 9.96. The van der Waals surface area contributed by atoms with Gasteiger partial charge in [-0.3, -0.25) is 14.0 Å². The van der Waals surface area contributed by atoms with Crippen LogP contribution >= 0.6 is 23.2 Å². The van der Waals surface area contributed by atoms with E-state index in [2.05, 4.69) is 10.2 Å². The van der Waals surface area contributed by atoms with E-state index in [4.69, 9.17) is 23.2 Å². The maximum atomic E-state index is 12.8. The number of carbonyl (C=O) groups excluding carboxylic acids is 1. The molecule has 0 spiro atoms. The van der Waals surface area contributed by atoms with Gasteiger partial charge < -0.3 is 5.32 Å². The Morgan fingerprint density at radius 2 is 2.00 bits per heavy atom. The van der Waals surface area contributed by atoms with Crippen LogP contribution in [0.15, 0.2) is 42.5 Å². The van der Waals surface area contributed by atoms with Gasteiger partial charge in [-0.2, -0.15) is 0 Å². The van der Waals surface area contributed by atoms with Gasteiger partial charge in [0.2, 0.25) is 15.9 Å². The van der Waals surface area contributed by atoms with E-state index in [9.17, 15) is 13.2 Å². The van der Waals surface area contributed by atoms with Crippen molar-refractivity contribution in [3.05, 3.63) is 58.1 Å². The van der Waals surface area contributed by atoms with Crippen LogP contribution in [-0.4, -0.2) is 45.6 Å². The van der Waals surface area contributed by atoms with E-state index < -0.39 is 10.0 Å². The van der Waals surface area contributed by atoms with Gasteiger partial charge in [0.25, 0.3) is 0 Å². The van der Waals surface area contributed by atoms with Gasteiger partial charge in [-0.25, -0.2) is 8.42 Å². The van der Waals surface area contributed by atoms with Crippen molar-refractivity contribution in [1.82, 2.24) is 4.90 Å². The first-order valence-corrected chi connectivity index (χ1v) is 12.2. The highest BCUT2D eigenvalue weighted by Crippen LogP contribution is 2.26. The Morgan fingerprint density at radius 1 is 1.23 bits per heavy atom. The molecule has 3 rings (SSSR count). The van der Waals surface area contributed by atoms with E-state index in [0.29, 0.717) is 34.5 Å². The topological polar surface area (TPSA) is 69.7 Å². The van der Waals surface area contributed by atoms with Crippen molar-refractivity contribution in [3.8, 4) is 0 Å². The molecule has 1 amide bonds. The van der Waals surface area contributed by atoms with Crippen molar-refractivity contribution >= 4 is 50.5 Å². The third kappa shape index (κ3) is 5.88. The smallest absolute Gasteiger partial charge is 0.231 e. The van der Waals surface area contributed by atoms with Crippen molar-refractivity contribution in [2.24, 2.45) is 5.92 Å². The van der Waals surface area contributed by atoms with Crippen LogP contribution in [0.3, 0.4) is 0 Å². The summed E-state index contributed by atoms with van der Waals surface area (Å²) in [6.07, 6.45) is 2.86. The Labute approximate surface area is 187 Å². The summed E-state index contributed by atoms with van der Waals surface area (Å²) in [7, 11) is -1.89. The highest BCUT2D eigenvalue weighted by Gasteiger charge is 2.26. The molecule has 0 bridgehead atoms. The van der Waals surface area contributed by atoms with E-state index in [1.807, 2.05) is 12.1 Å². The second-order valence-corrected chi connectivity index (χ2v) is 10.4. The van der Waals surface area contributed by atoms with Gasteiger partial charge in [-0.1, -0.05) is 35.3 Å². The lowest BCUT2D eigenvalue weighted by molar-refractivity contribution is -0.121. The summed E-state index contributed by atoms with van der Waals surface area (Å²) < 4.78 is 24.7. The van der Waals surface area contributed by atoms with Crippen LogP contribution in [0.1, 0.15) is 18.4 Å². The number of hydrogen-bond donors (Lipinski definition) is 1. The SMILES string of the molecule is CN(c1cccc(NC(=O)C2CCCN(Cc3ccc(Cl)cc3Cl)C2)c1)S(C)(=O)=O. The molecule has 0 aromatic heterocycles. The third-order valence-corrected chi connectivity index (χ3v) is 7.05. The summed E-state index contributed by atoms with van der Waals surface area (Å²) in [4.78, 5) is 15.1. The fourth-order valence-corrected chi connectivity index (χ4v) is 4.48. The number of rotatable bonds is 6. The van der Waals surface area contributed by atoms with Crippen LogP contribution in [0.25, 0.3) is 0 Å². The van der Waals surface area contributed by atoms with Crippen LogP contribution < -0.4 is 9.62 Å². The van der Waals surface area contributed by atoms with Crippen LogP contribution in [0.5, 0.6) is 0 Å². The lowest BCUT2D eigenvalue weighted by Gasteiger charge is -2.32. The fraction of sp³-hybridized carbons (Fsp3) is 0.381. The fourth-order valence-electron chi connectivity index (χ4n) is 3.52. The molecule has 1 aliphatic rings. The summed E-state index contributed by atoms with van der Waals surface area (Å²) >= 11 is 12.3. The molecule has 1 atom stereocenters. The molecule has 1 unspecified atom stereocenters. The maximum Gasteiger partial charge on any atom is 0.231 e. The molecule has 0 saturated carbocycles. The Hall–Kier alpha value is -1.80. The van der Waals surface area contributed by atoms with Gasteiger partial charge in [0.15, 0.2) is 0 Å². The second kappa shape index (κ2) is 9.56. The lowest BCUT2D eigenvalue weighted by Crippen LogP contribution is -2.40. The summed E-state index contributed by atoms with van der Waals surface area (Å²) in [6, 6.07) is 12.3. The Kier molecular flexibility index (Phi) is 7.29. The molecule has 1 saturated heterocycles. The van der Waals surface area contributed by atoms with Crippen molar-refractivity contribution in [3.63, 3.8) is 0 Å². The van der Waals surface area contributed by atoms with E-state index in [1.165, 1.54) is 11.4 Å². The standard InChI is InChI=1S/C21H25Cl2N3O3S/c1-25(30(2,28)29)19-7-3-6-18(12-19)24-21(27)16-5-4-10-26(14-16)13-15-8-9-17(22)11-20(15)23/h3,6-9,11-12,16H,4-5,10,13-14H2,1-2H3,(H,24,27). The molecule has 1 heterocycles. The van der Waals surface area contributed by atoms with E-state index in [1.54, 1.807) is 30.3 Å². The Balaban J connectivity index is 1.64. The number of sulfonamides is 1. The largest absolute Gasteiger partial charge is 0.326 e. The minimum Gasteiger partial charge on any atom is -0.326 e. The number of benzene rings is 2. The zero-order valence-corrected chi connectivity index (χ0v) is 19.3. The zero-order valence-electron chi connectivity index (χ0n) is 16.9. The molecular weight excluding hydrogens is 445 g/mol. The molecule has 162 valence electrons. The molecular formula is C21H25Cl2N3O3S. The Bertz CT molecular complexity index is 1030. The number of carbonyl (C=O) groups is 1. The normalized spacial score (nSPS) is 17.5. The average Bonchev–Trinajstić information content (AvgIpc) is 2.69. The van der Waals surface area contributed by atoms with Crippen LogP contribution in [0.4, 0.5) is 11.4 Å². The molecule has 2 aromatic rings. The number of halogens is 2. The number of anilines is 2. The molecule has 0 aliphatic carbocycles. The number of likely N-dealkylation sites (tertiary alicyclic amines) is 1. The first-order chi connectivity index (χ1) is 14.1. The van der Waals surface area contributed by atoms with E-state index >= 15 is 0 Å². The predicted molar refractivity (Wildman–Crippen MR) is 123 cm³/mol. The van der Waals surface area contributed by atoms with Gasteiger partial charge in [0, 0.05) is 35.9 Å². The van der Waals surface area contributed by atoms with E-state index in [-0.39, 0.29) is 11.8 Å². The predicted octanol–water partition coefficient (Wildman–Crippen LogP) is 4.24. The highest BCUT2D eigenvalue weighted by atomic mass is 35.5. The number of hydrogen-bond acceptors (Lipinski definition) is 4. The third-order valence-electron chi connectivity index (χ3n) is 5.26. The molecule has 0 radical (unpaired) electrons. The minimum atomic E-state index is -3.37. The van der Waals surface area contributed by atoms with Gasteiger partial charge >= 0.3 is 0 Å². The summed E-state index contributed by atoms with van der Waals surface area (Å²) in [5, 5.41) is 4.16. The van der Waals surface area contributed by atoms with Gasteiger partial charge in [-0.15, -0.1) is 0 Å². The van der Waals surface area contributed by atoms with Crippen molar-refractivity contribution in [2.75, 3.05) is 36.0 Å². The van der Waals surface area contributed by atoms with Crippen LogP contribution in [0.2, 0.25) is 10.0 Å². The first kappa shape index (κ1) is 22.9. The van der Waals surface area contributed by atoms with E-state index in [0.717, 1.165) is 31.2 Å². The molecule has 6 nitrogen and oxygen atoms in total. The summed E-state index contributed by atoms with van der Waals surface area (Å²) in [5.74, 6) is -0.220. The molecule has 1 fully saturated rings. The van der Waals surface area contributed by atoms with Gasteiger partial charge in [0.1, 0.15) is 0 Å². The molecule has 2 aromatic carbocycles. The number of nitrogens with zero attached hydrogens (tertiary/aromatic N) is 2. The molecule has 30 heavy (non-hydrogen) atoms. The zero-order chi connectivity index (χ0) is 21.9.